The molecule has 1 aliphatic rings. The second kappa shape index (κ2) is 10.5. The number of alkyl halides is 6. The van der Waals surface area contributed by atoms with E-state index in [0.29, 0.717) is 26.2 Å². The molecule has 0 aliphatic carbocycles. The molecule has 27 heavy (non-hydrogen) atoms. The molecule has 0 radical (unpaired) electrons. The van der Waals surface area contributed by atoms with Gasteiger partial charge in [0.15, 0.2) is 0 Å². The highest BCUT2D eigenvalue weighted by molar-refractivity contribution is 5.85. The van der Waals surface area contributed by atoms with Gasteiger partial charge < -0.3 is 10.1 Å². The van der Waals surface area contributed by atoms with Crippen molar-refractivity contribution < 1.29 is 35.5 Å². The Morgan fingerprint density at radius 1 is 1.04 bits per heavy atom. The summed E-state index contributed by atoms with van der Waals surface area (Å²) in [7, 11) is 0. The first-order valence-electron chi connectivity index (χ1n) is 7.62. The number of ether oxygens (including phenoxy) is 1. The molecule has 0 aromatic heterocycles. The van der Waals surface area contributed by atoms with Crippen LogP contribution in [0.5, 0.6) is 5.75 Å². The number of benzene rings is 1. The normalized spacial score (nSPS) is 16.9. The zero-order valence-electron chi connectivity index (χ0n) is 13.9. The molecular weight excluding hydrogens is 428 g/mol. The van der Waals surface area contributed by atoms with Crippen LogP contribution < -0.4 is 10.1 Å². The Kier molecular flexibility index (Phi) is 10.2. The van der Waals surface area contributed by atoms with Crippen LogP contribution in [-0.4, -0.2) is 43.6 Å². The lowest BCUT2D eigenvalue weighted by atomic mass is 9.98. The number of nitrogens with one attached hydrogen (secondary N) is 1. The third-order valence-electron chi connectivity index (χ3n) is 3.85. The second-order valence-electron chi connectivity index (χ2n) is 5.69. The lowest BCUT2D eigenvalue weighted by Crippen LogP contribution is -2.45. The number of hydrogen-bond acceptors (Lipinski definition) is 3. The topological polar surface area (TPSA) is 24.5 Å². The zero-order valence-corrected chi connectivity index (χ0v) is 15.5. The van der Waals surface area contributed by atoms with Crippen LogP contribution in [0.1, 0.15) is 24.4 Å². The third kappa shape index (κ3) is 8.71. The van der Waals surface area contributed by atoms with Crippen molar-refractivity contribution in [3.05, 3.63) is 29.6 Å². The summed E-state index contributed by atoms with van der Waals surface area (Å²) >= 11 is 0. The van der Waals surface area contributed by atoms with Crippen LogP contribution in [0.3, 0.4) is 0 Å². The number of nitrogens with zero attached hydrogens (tertiary/aromatic N) is 1. The van der Waals surface area contributed by atoms with Crippen LogP contribution >= 0.6 is 24.8 Å². The summed E-state index contributed by atoms with van der Waals surface area (Å²) in [6.07, 6.45) is -11.0. The highest BCUT2D eigenvalue weighted by Gasteiger charge is 2.34. The Bertz CT molecular complexity index is 578. The van der Waals surface area contributed by atoms with E-state index in [0.717, 1.165) is 18.2 Å². The van der Waals surface area contributed by atoms with Gasteiger partial charge in [-0.3, -0.25) is 4.90 Å². The minimum Gasteiger partial charge on any atom is -0.406 e. The zero-order chi connectivity index (χ0) is 18.7. The smallest absolute Gasteiger partial charge is 0.406 e. The molecule has 1 fully saturated rings. The minimum absolute atomic E-state index is 0. The largest absolute Gasteiger partial charge is 0.573 e. The van der Waals surface area contributed by atoms with E-state index in [4.69, 9.17) is 0 Å². The molecule has 12 heteroatoms. The predicted molar refractivity (Wildman–Crippen MR) is 90.1 cm³/mol. The van der Waals surface area contributed by atoms with Crippen molar-refractivity contribution in [2.45, 2.75) is 31.4 Å². The third-order valence-corrected chi connectivity index (χ3v) is 3.85. The summed E-state index contributed by atoms with van der Waals surface area (Å²) in [5.74, 6) is -1.52. The van der Waals surface area contributed by atoms with Gasteiger partial charge in [-0.05, 0) is 24.6 Å². The summed E-state index contributed by atoms with van der Waals surface area (Å²) in [6, 6.07) is 1.41. The Balaban J connectivity index is 0.00000338. The van der Waals surface area contributed by atoms with Crippen molar-refractivity contribution in [1.82, 2.24) is 10.2 Å². The Morgan fingerprint density at radius 3 is 2.15 bits per heavy atom. The van der Waals surface area contributed by atoms with E-state index in [1.165, 1.54) is 0 Å². The SMILES string of the molecule is Cl.Cl.Fc1ccc(OC(F)(F)F)cc1[C@H](CCC(F)(F)F)N1CCNCC1. The van der Waals surface area contributed by atoms with Gasteiger partial charge in [-0.2, -0.15) is 13.2 Å². The maximum absolute atomic E-state index is 14.2. The summed E-state index contributed by atoms with van der Waals surface area (Å²) in [5.41, 5.74) is -0.229. The minimum atomic E-state index is -4.97. The monoisotopic (exact) mass is 446 g/mol. The van der Waals surface area contributed by atoms with Crippen LogP contribution in [0.15, 0.2) is 18.2 Å². The van der Waals surface area contributed by atoms with E-state index in [-0.39, 0.29) is 30.4 Å². The van der Waals surface area contributed by atoms with Crippen LogP contribution in [0.2, 0.25) is 0 Å². The van der Waals surface area contributed by atoms with Crippen LogP contribution in [-0.2, 0) is 0 Å². The number of halogens is 9. The molecule has 1 N–H and O–H groups in total. The molecule has 1 heterocycles. The molecule has 158 valence electrons. The average Bonchev–Trinajstić information content (AvgIpc) is 2.49. The number of hydrogen-bond donors (Lipinski definition) is 1. The Morgan fingerprint density at radius 2 is 1.63 bits per heavy atom. The molecule has 2 rings (SSSR count). The second-order valence-corrected chi connectivity index (χ2v) is 5.69. The maximum Gasteiger partial charge on any atom is 0.573 e. The van der Waals surface area contributed by atoms with Crippen LogP contribution in [0, 0.1) is 5.82 Å². The first-order chi connectivity index (χ1) is 11.6. The van der Waals surface area contributed by atoms with Crippen molar-refractivity contribution in [2.75, 3.05) is 26.2 Å². The predicted octanol–water partition coefficient (Wildman–Crippen LogP) is 4.86. The first kappa shape index (κ1) is 26.0. The lowest BCUT2D eigenvalue weighted by molar-refractivity contribution is -0.274. The Hall–Kier alpha value is -0.970. The molecular formula is C15H19Cl2F7N2O. The van der Waals surface area contributed by atoms with E-state index in [1.807, 2.05) is 0 Å². The molecule has 1 saturated heterocycles. The van der Waals surface area contributed by atoms with Gasteiger partial charge in [0, 0.05) is 44.2 Å². The van der Waals surface area contributed by atoms with E-state index in [2.05, 4.69) is 10.1 Å². The van der Waals surface area contributed by atoms with Crippen molar-refractivity contribution in [3.63, 3.8) is 0 Å². The molecule has 0 bridgehead atoms. The van der Waals surface area contributed by atoms with Gasteiger partial charge in [-0.25, -0.2) is 4.39 Å². The molecule has 1 aromatic carbocycles. The van der Waals surface area contributed by atoms with Gasteiger partial charge in [0.2, 0.25) is 0 Å². The van der Waals surface area contributed by atoms with Gasteiger partial charge in [0.25, 0.3) is 0 Å². The molecule has 0 amide bonds. The molecule has 0 saturated carbocycles. The van der Waals surface area contributed by atoms with Gasteiger partial charge in [-0.15, -0.1) is 38.0 Å². The van der Waals surface area contributed by atoms with Crippen molar-refractivity contribution >= 4 is 24.8 Å². The van der Waals surface area contributed by atoms with Crippen LogP contribution in [0.4, 0.5) is 30.7 Å². The van der Waals surface area contributed by atoms with Gasteiger partial charge >= 0.3 is 12.5 Å². The molecule has 3 nitrogen and oxygen atoms in total. The Labute approximate surface area is 164 Å². The summed E-state index contributed by atoms with van der Waals surface area (Å²) in [5, 5.41) is 3.02. The van der Waals surface area contributed by atoms with Gasteiger partial charge in [0.05, 0.1) is 0 Å². The first-order valence-corrected chi connectivity index (χ1v) is 7.62. The van der Waals surface area contributed by atoms with Crippen LogP contribution in [0.25, 0.3) is 0 Å². The fourth-order valence-corrected chi connectivity index (χ4v) is 2.80. The molecule has 1 aliphatic heterocycles. The van der Waals surface area contributed by atoms with Crippen molar-refractivity contribution in [3.8, 4) is 5.75 Å². The highest BCUT2D eigenvalue weighted by atomic mass is 35.5. The fraction of sp³-hybridized carbons (Fsp3) is 0.600. The highest BCUT2D eigenvalue weighted by Crippen LogP contribution is 2.35. The molecule has 0 spiro atoms. The molecule has 0 unspecified atom stereocenters. The molecule has 1 aromatic rings. The molecule has 1 atom stereocenters. The standard InChI is InChI=1S/C15H17F7N2O.2ClH/c16-12-2-1-10(25-15(20,21)22)9-11(12)13(3-4-14(17,18)19)24-7-5-23-6-8-24;;/h1-2,9,13,23H,3-8H2;2*1H/t13-;;/m0../s1. The van der Waals surface area contributed by atoms with Gasteiger partial charge in [-0.1, -0.05) is 0 Å². The fourth-order valence-electron chi connectivity index (χ4n) is 2.80. The summed E-state index contributed by atoms with van der Waals surface area (Å²) in [4.78, 5) is 1.64. The van der Waals surface area contributed by atoms with Crippen molar-refractivity contribution in [2.24, 2.45) is 0 Å². The maximum atomic E-state index is 14.2. The van der Waals surface area contributed by atoms with E-state index in [1.54, 1.807) is 4.90 Å². The summed E-state index contributed by atoms with van der Waals surface area (Å²) < 4.78 is 92.8. The van der Waals surface area contributed by atoms with Crippen molar-refractivity contribution in [1.29, 1.82) is 0 Å². The van der Waals surface area contributed by atoms with E-state index >= 15 is 0 Å². The average molecular weight is 447 g/mol. The van der Waals surface area contributed by atoms with E-state index in [9.17, 15) is 30.7 Å². The quantitative estimate of drug-likeness (QED) is 0.653. The summed E-state index contributed by atoms with van der Waals surface area (Å²) in [6.45, 7) is 1.74. The number of piperazine rings is 1. The lowest BCUT2D eigenvalue weighted by Gasteiger charge is -2.35. The van der Waals surface area contributed by atoms with Gasteiger partial charge in [0.1, 0.15) is 11.6 Å². The van der Waals surface area contributed by atoms with E-state index < -0.39 is 43.0 Å². The number of rotatable bonds is 5.